The van der Waals surface area contributed by atoms with Gasteiger partial charge in [0.05, 0.1) is 12.2 Å². The maximum atomic E-state index is 14.7. The zero-order chi connectivity index (χ0) is 29.4. The van der Waals surface area contributed by atoms with Gasteiger partial charge in [0, 0.05) is 53.9 Å². The summed E-state index contributed by atoms with van der Waals surface area (Å²) in [6, 6.07) is 1.97. The van der Waals surface area contributed by atoms with Crippen LogP contribution in [0, 0.1) is 35.3 Å². The van der Waals surface area contributed by atoms with Crippen molar-refractivity contribution in [1.29, 1.82) is 0 Å². The lowest BCUT2D eigenvalue weighted by molar-refractivity contribution is -0.112. The molecule has 0 spiro atoms. The van der Waals surface area contributed by atoms with Gasteiger partial charge in [-0.2, -0.15) is 0 Å². The first-order valence-corrected chi connectivity index (χ1v) is 13.0. The number of amides is 2. The molecule has 7 atom stereocenters. The first-order valence-electron chi connectivity index (χ1n) is 13.0. The number of hydrogen-bond acceptors (Lipinski definition) is 7. The van der Waals surface area contributed by atoms with Gasteiger partial charge in [0.15, 0.2) is 11.6 Å². The summed E-state index contributed by atoms with van der Waals surface area (Å²) < 4.78 is 34.4. The molecule has 7 N–H and O–H groups in total. The van der Waals surface area contributed by atoms with Crippen LogP contribution in [-0.2, 0) is 9.53 Å². The van der Waals surface area contributed by atoms with Crippen molar-refractivity contribution in [3.63, 3.8) is 0 Å². The number of halogens is 2. The number of nitrogens with two attached hydrogens (primary N) is 1. The number of nitrogens with one attached hydrogen (secondary N) is 1. The molecule has 0 fully saturated rings. The van der Waals surface area contributed by atoms with E-state index in [1.54, 1.807) is 32.9 Å². The molecule has 0 saturated heterocycles. The van der Waals surface area contributed by atoms with E-state index in [9.17, 15) is 38.8 Å². The highest BCUT2D eigenvalue weighted by Crippen LogP contribution is 2.34. The Balaban J connectivity index is 2.56. The van der Waals surface area contributed by atoms with Crippen LogP contribution in [0.3, 0.4) is 0 Å². The van der Waals surface area contributed by atoms with Gasteiger partial charge in [-0.05, 0) is 50.7 Å². The fourth-order valence-electron chi connectivity index (χ4n) is 5.03. The van der Waals surface area contributed by atoms with E-state index in [0.29, 0.717) is 18.4 Å². The highest BCUT2D eigenvalue weighted by molar-refractivity contribution is 6.03. The molecular weight excluding hydrogens is 514 g/mol. The summed E-state index contributed by atoms with van der Waals surface area (Å²) >= 11 is 0. The summed E-state index contributed by atoms with van der Waals surface area (Å²) in [5.74, 6) is -5.69. The number of anilines is 1. The van der Waals surface area contributed by atoms with Gasteiger partial charge in [0.1, 0.15) is 6.10 Å². The van der Waals surface area contributed by atoms with E-state index in [4.69, 9.17) is 10.5 Å². The maximum Gasteiger partial charge on any atom is 0.405 e. The predicted octanol–water partition coefficient (Wildman–Crippen LogP) is 3.33. The van der Waals surface area contributed by atoms with Crippen LogP contribution in [0.15, 0.2) is 35.4 Å². The number of carbonyl (C=O) groups is 2. The Morgan fingerprint density at radius 2 is 1.77 bits per heavy atom. The van der Waals surface area contributed by atoms with Crippen LogP contribution in [0.4, 0.5) is 19.3 Å². The van der Waals surface area contributed by atoms with E-state index in [-0.39, 0.29) is 29.9 Å². The first-order chi connectivity index (χ1) is 18.3. The zero-order valence-electron chi connectivity index (χ0n) is 22.7. The summed E-state index contributed by atoms with van der Waals surface area (Å²) in [5.41, 5.74) is 5.66. The maximum absolute atomic E-state index is 14.7. The molecule has 1 aliphatic rings. The van der Waals surface area contributed by atoms with E-state index in [1.165, 1.54) is 6.92 Å². The second kappa shape index (κ2) is 14.5. The minimum Gasteiger partial charge on any atom is -0.441 e. The molecule has 0 unspecified atom stereocenters. The van der Waals surface area contributed by atoms with E-state index < -0.39 is 72.2 Å². The topological polar surface area (TPSA) is 162 Å². The molecule has 1 aliphatic heterocycles. The molecule has 11 heteroatoms. The number of allylic oxidation sites excluding steroid dienone is 1. The number of ether oxygens (including phenoxy) is 1. The number of benzene rings is 1. The van der Waals surface area contributed by atoms with Crippen molar-refractivity contribution >= 4 is 17.7 Å². The summed E-state index contributed by atoms with van der Waals surface area (Å²) in [7, 11) is 0. The Bertz CT molecular complexity index is 1080. The molecular formula is C28H40F2N2O7. The van der Waals surface area contributed by atoms with Gasteiger partial charge < -0.3 is 36.2 Å². The highest BCUT2D eigenvalue weighted by atomic mass is 19.2. The van der Waals surface area contributed by atoms with Crippen LogP contribution in [-0.4, -0.2) is 57.8 Å². The highest BCUT2D eigenvalue weighted by Gasteiger charge is 2.32. The summed E-state index contributed by atoms with van der Waals surface area (Å²) in [4.78, 5) is 24.3. The van der Waals surface area contributed by atoms with Gasteiger partial charge in [0.25, 0.3) is 5.91 Å². The van der Waals surface area contributed by atoms with Crippen LogP contribution in [0.2, 0.25) is 0 Å². The monoisotopic (exact) mass is 554 g/mol. The molecule has 218 valence electrons. The fourth-order valence-corrected chi connectivity index (χ4v) is 5.03. The van der Waals surface area contributed by atoms with Crippen LogP contribution in [0.25, 0.3) is 0 Å². The Kier molecular flexibility index (Phi) is 12.0. The average Bonchev–Trinajstić information content (AvgIpc) is 2.88. The first kappa shape index (κ1) is 32.4. The van der Waals surface area contributed by atoms with Crippen LogP contribution in [0.5, 0.6) is 0 Å². The Morgan fingerprint density at radius 1 is 1.13 bits per heavy atom. The number of hydrogen-bond donors (Lipinski definition) is 6. The molecule has 9 nitrogen and oxygen atoms in total. The Morgan fingerprint density at radius 3 is 2.36 bits per heavy atom. The third-order valence-electron chi connectivity index (χ3n) is 7.33. The number of carbonyl (C=O) groups excluding carboxylic acids is 2. The summed E-state index contributed by atoms with van der Waals surface area (Å²) in [6.07, 6.45) is -0.637. The number of primary amides is 1. The van der Waals surface area contributed by atoms with E-state index >= 15 is 0 Å². The molecule has 0 aliphatic carbocycles. The molecule has 2 rings (SSSR count). The lowest BCUT2D eigenvalue weighted by Gasteiger charge is -2.31. The second-order valence-electron chi connectivity index (χ2n) is 10.4. The smallest absolute Gasteiger partial charge is 0.405 e. The van der Waals surface area contributed by atoms with Gasteiger partial charge in [-0.3, -0.25) is 4.79 Å². The SMILES string of the molecule is CC1=CCC[C@H](CO)[C@@H](OC(N)=O)C(C)=C[C@H](C)[C@@H](O)[C@@H](CO)C[C@H](C)[C@@H](O)c2cc(cc(F)c2F)NC1=O. The minimum absolute atomic E-state index is 0.0516. The van der Waals surface area contributed by atoms with Crippen molar-refractivity contribution in [3.05, 3.63) is 52.6 Å². The van der Waals surface area contributed by atoms with Crippen LogP contribution in [0.1, 0.15) is 58.6 Å². The largest absolute Gasteiger partial charge is 0.441 e. The molecule has 2 amide bonds. The lowest BCUT2D eigenvalue weighted by Crippen LogP contribution is -2.35. The number of fused-ring (bicyclic) bond motifs is 2. The van der Waals surface area contributed by atoms with E-state index in [0.717, 1.165) is 12.1 Å². The summed E-state index contributed by atoms with van der Waals surface area (Å²) in [5, 5.41) is 44.5. The summed E-state index contributed by atoms with van der Waals surface area (Å²) in [6.45, 7) is 5.66. The van der Waals surface area contributed by atoms with Crippen molar-refractivity contribution in [2.45, 2.75) is 65.3 Å². The van der Waals surface area contributed by atoms with E-state index in [2.05, 4.69) is 5.32 Å². The van der Waals surface area contributed by atoms with Crippen molar-refractivity contribution in [3.8, 4) is 0 Å². The standard InChI is InChI=1S/C28H40F2N2O7/c1-14-6-5-7-18(12-33)26(39-28(31)38)17(4)8-15(2)24(35)19(13-34)9-16(3)25(36)21-10-20(32-27(14)37)11-22(29)23(21)30/h6,8,10-11,15-16,18-19,24-26,33-36H,5,7,9,12-13H2,1-4H3,(H2,31,38)(H,32,37)/t15-,16-,18+,19+,24+,25+,26-/m0/s1. The number of rotatable bonds is 3. The van der Waals surface area contributed by atoms with Gasteiger partial charge in [-0.15, -0.1) is 0 Å². The van der Waals surface area contributed by atoms with Gasteiger partial charge in [-0.25, -0.2) is 13.6 Å². The average molecular weight is 555 g/mol. The lowest BCUT2D eigenvalue weighted by atomic mass is 9.81. The normalized spacial score (nSPS) is 29.7. The molecule has 1 aromatic carbocycles. The van der Waals surface area contributed by atoms with Crippen molar-refractivity contribution in [2.24, 2.45) is 29.4 Å². The molecule has 1 aromatic rings. The van der Waals surface area contributed by atoms with Crippen molar-refractivity contribution in [1.82, 2.24) is 0 Å². The van der Waals surface area contributed by atoms with E-state index in [1.807, 2.05) is 0 Å². The third kappa shape index (κ3) is 8.56. The van der Waals surface area contributed by atoms with Gasteiger partial charge in [-0.1, -0.05) is 26.0 Å². The Labute approximate surface area is 227 Å². The van der Waals surface area contributed by atoms with Crippen LogP contribution < -0.4 is 11.1 Å². The molecule has 0 saturated carbocycles. The predicted molar refractivity (Wildman–Crippen MR) is 141 cm³/mol. The molecule has 0 aromatic heterocycles. The molecule has 39 heavy (non-hydrogen) atoms. The second-order valence-corrected chi connectivity index (χ2v) is 10.4. The number of aliphatic hydroxyl groups is 4. The third-order valence-corrected chi connectivity index (χ3v) is 7.33. The van der Waals surface area contributed by atoms with Gasteiger partial charge in [0.2, 0.25) is 0 Å². The van der Waals surface area contributed by atoms with Gasteiger partial charge >= 0.3 is 6.09 Å². The molecule has 2 bridgehead atoms. The zero-order valence-corrected chi connectivity index (χ0v) is 22.7. The van der Waals surface area contributed by atoms with Crippen molar-refractivity contribution < 1.29 is 43.5 Å². The minimum atomic E-state index is -1.50. The van der Waals surface area contributed by atoms with Crippen molar-refractivity contribution in [2.75, 3.05) is 18.5 Å². The molecule has 1 heterocycles. The number of aliphatic hydroxyl groups excluding tert-OH is 4. The Hall–Kier alpha value is -2.86. The molecule has 0 radical (unpaired) electrons. The van der Waals surface area contributed by atoms with Crippen LogP contribution >= 0.6 is 0 Å². The fraction of sp³-hybridized carbons (Fsp3) is 0.571. The quantitative estimate of drug-likeness (QED) is 0.312.